The summed E-state index contributed by atoms with van der Waals surface area (Å²) in [5.74, 6) is 0. The molecule has 4 aromatic rings. The molecule has 3 N–H and O–H groups in total. The fourth-order valence-electron chi connectivity index (χ4n) is 8.86. The molecule has 24 heteroatoms. The Bertz CT molecular complexity index is 2600. The first-order chi connectivity index (χ1) is 35.1. The standard InChI is InChI=1S/C23H32N2O5S2.C18H24N2O4S2.C6H12O4S.C4H8O.Na.H/c1-23(2,26)18-7-9-19(10-8-18)25-12-11-24(32(27,28)22-6-4-14-31-22)15-20(25)16-29-17-21-5-3-13-30-21;1-18(2,22)14-5-7-15(8-6-14)20-10-9-19(12-16(20)13-21)26(23,24)17-4-3-11-25-17;1-11(7,8)10-5-6-3-2-4-9-6;1-2-4-5-3-1;;/h4,6-10,14,20-21,26H,3,5,11-13,15-17H2,1-2H3;3-8,11,16,21-22H,9-10,12-13H2,1-2H3;6H,2-5H2,1H3;1-4H2;;/q;;;;+1;-1/t20-,21?;16-;;;;/m11..../s1. The van der Waals surface area contributed by atoms with Crippen LogP contribution in [0.1, 0.15) is 78.8 Å². The van der Waals surface area contributed by atoms with Gasteiger partial charge in [-0.2, -0.15) is 17.0 Å². The predicted molar refractivity (Wildman–Crippen MR) is 290 cm³/mol. The molecule has 5 aliphatic heterocycles. The molecule has 9 rings (SSSR count). The van der Waals surface area contributed by atoms with E-state index in [2.05, 4.69) is 9.08 Å². The van der Waals surface area contributed by atoms with E-state index in [-0.39, 0.29) is 75.0 Å². The Morgan fingerprint density at radius 1 is 0.613 bits per heavy atom. The van der Waals surface area contributed by atoms with Crippen molar-refractivity contribution >= 4 is 64.2 Å². The van der Waals surface area contributed by atoms with Crippen LogP contribution in [0.2, 0.25) is 0 Å². The minimum atomic E-state index is -3.51. The van der Waals surface area contributed by atoms with Gasteiger partial charge in [0.15, 0.2) is 0 Å². The van der Waals surface area contributed by atoms with Gasteiger partial charge in [0.1, 0.15) is 8.42 Å². The second-order valence-corrected chi connectivity index (χ2v) is 27.7. The van der Waals surface area contributed by atoms with Gasteiger partial charge in [0.25, 0.3) is 30.2 Å². The topological polar surface area (TPSA) is 222 Å². The van der Waals surface area contributed by atoms with E-state index in [1.807, 2.05) is 53.4 Å². The Morgan fingerprint density at radius 2 is 1.05 bits per heavy atom. The normalized spacial score (nSPS) is 22.0. The molecule has 75 heavy (non-hydrogen) atoms. The third-order valence-electron chi connectivity index (χ3n) is 13.0. The summed E-state index contributed by atoms with van der Waals surface area (Å²) >= 11 is 2.45. The van der Waals surface area contributed by atoms with Crippen molar-refractivity contribution in [3.05, 3.63) is 94.7 Å². The van der Waals surface area contributed by atoms with Crippen LogP contribution in [0.3, 0.4) is 0 Å². The van der Waals surface area contributed by atoms with E-state index in [4.69, 9.17) is 18.9 Å². The third-order valence-corrected chi connectivity index (χ3v) is 20.1. The Kier molecular flexibility index (Phi) is 25.0. The van der Waals surface area contributed by atoms with Crippen LogP contribution in [-0.4, -0.2) is 172 Å². The number of sulfonamides is 2. The number of ether oxygens (including phenoxy) is 4. The molecule has 0 amide bonds. The zero-order valence-corrected chi connectivity index (χ0v) is 50.3. The van der Waals surface area contributed by atoms with Gasteiger partial charge in [-0.3, -0.25) is 4.18 Å². The molecule has 7 heterocycles. The number of aliphatic hydroxyl groups is 3. The largest absolute Gasteiger partial charge is 1.00 e. The molecular weight excluding hydrogens is 1080 g/mol. The first kappa shape index (κ1) is 63.7. The Labute approximate surface area is 476 Å². The van der Waals surface area contributed by atoms with E-state index >= 15 is 0 Å². The molecule has 18 nitrogen and oxygen atoms in total. The van der Waals surface area contributed by atoms with Crippen LogP contribution in [-0.2, 0) is 64.5 Å². The molecule has 2 aromatic heterocycles. The van der Waals surface area contributed by atoms with Crippen LogP contribution in [0.15, 0.2) is 92.0 Å². The molecule has 0 spiro atoms. The van der Waals surface area contributed by atoms with Crippen LogP contribution >= 0.6 is 22.7 Å². The summed E-state index contributed by atoms with van der Waals surface area (Å²) in [7, 11) is -10.3. The molecule has 5 saturated heterocycles. The van der Waals surface area contributed by atoms with E-state index in [1.165, 1.54) is 39.8 Å². The molecule has 416 valence electrons. The number of nitrogens with zero attached hydrogens (tertiary/aromatic N) is 4. The van der Waals surface area contributed by atoms with Crippen molar-refractivity contribution in [3.8, 4) is 0 Å². The number of hydrogen-bond acceptors (Lipinski definition) is 18. The number of hydrogen-bond donors (Lipinski definition) is 3. The van der Waals surface area contributed by atoms with Gasteiger partial charge >= 0.3 is 29.6 Å². The van der Waals surface area contributed by atoms with Crippen molar-refractivity contribution in [2.75, 3.05) is 108 Å². The minimum Gasteiger partial charge on any atom is -1.00 e. The van der Waals surface area contributed by atoms with Gasteiger partial charge < -0.3 is 45.5 Å². The maximum absolute atomic E-state index is 13.1. The van der Waals surface area contributed by atoms with Crippen molar-refractivity contribution in [2.45, 2.75) is 110 Å². The summed E-state index contributed by atoms with van der Waals surface area (Å²) in [5, 5.41) is 33.7. The molecule has 5 fully saturated rings. The SMILES string of the molecule is C1CCOC1.CC(C)(O)c1ccc(N2CCN(S(=O)(=O)c3cccs3)C[C@@H]2CO)cc1.CC(C)(O)c1ccc(N2CCN(S(=O)(=O)c3cccs3)C[C@@H]2COCC2CCCO2)cc1.CS(=O)(=O)OCC1CCCO1.[H-].[Na+]. The monoisotopic (exact) mass is 1150 g/mol. The Morgan fingerprint density at radius 3 is 1.41 bits per heavy atom. The van der Waals surface area contributed by atoms with Gasteiger partial charge in [0.05, 0.1) is 68.2 Å². The molecule has 0 aliphatic carbocycles. The number of piperazine rings is 2. The number of thiophene rings is 2. The molecule has 0 radical (unpaired) electrons. The van der Waals surface area contributed by atoms with Gasteiger partial charge in [-0.15, -0.1) is 22.7 Å². The number of benzene rings is 2. The van der Waals surface area contributed by atoms with Gasteiger partial charge in [0, 0.05) is 77.1 Å². The Balaban J connectivity index is 0.000000252. The van der Waals surface area contributed by atoms with E-state index in [1.54, 1.807) is 67.0 Å². The summed E-state index contributed by atoms with van der Waals surface area (Å²) in [6.07, 6.45) is 7.67. The number of rotatable bonds is 16. The van der Waals surface area contributed by atoms with E-state index < -0.39 is 41.4 Å². The summed E-state index contributed by atoms with van der Waals surface area (Å²) in [6, 6.07) is 21.7. The van der Waals surface area contributed by atoms with Gasteiger partial charge in [-0.05, 0) is 125 Å². The van der Waals surface area contributed by atoms with E-state index in [0.717, 1.165) is 80.9 Å². The zero-order chi connectivity index (χ0) is 53.6. The predicted octanol–water partition coefficient (Wildman–Crippen LogP) is 2.95. The summed E-state index contributed by atoms with van der Waals surface area (Å²) in [6.45, 7) is 13.9. The van der Waals surface area contributed by atoms with Crippen molar-refractivity contribution in [3.63, 3.8) is 0 Å². The second kappa shape index (κ2) is 29.4. The summed E-state index contributed by atoms with van der Waals surface area (Å²) in [5.41, 5.74) is 1.73. The average Bonchev–Trinajstić information content (AvgIpc) is 4.23. The van der Waals surface area contributed by atoms with Crippen LogP contribution in [0.25, 0.3) is 0 Å². The fraction of sp³-hybridized carbons (Fsp3) is 0.608. The van der Waals surface area contributed by atoms with Crippen LogP contribution in [0.5, 0.6) is 0 Å². The first-order valence-electron chi connectivity index (χ1n) is 25.2. The second-order valence-electron chi connectivity index (χ2n) is 19.8. The first-order valence-corrected chi connectivity index (χ1v) is 31.6. The van der Waals surface area contributed by atoms with Crippen molar-refractivity contribution < 1.29 is 94.7 Å². The maximum atomic E-state index is 13.1. The van der Waals surface area contributed by atoms with Crippen LogP contribution in [0.4, 0.5) is 11.4 Å². The quantitative estimate of drug-likeness (QED) is 0.108. The minimum absolute atomic E-state index is 0. The number of aliphatic hydroxyl groups excluding tert-OH is 1. The molecule has 2 unspecified atom stereocenters. The van der Waals surface area contributed by atoms with Crippen LogP contribution < -0.4 is 39.4 Å². The molecule has 5 aliphatic rings. The Hall–Kier alpha value is -2.11. The smallest absolute Gasteiger partial charge is 1.00 e. The van der Waals surface area contributed by atoms with Crippen LogP contribution in [0, 0.1) is 0 Å². The van der Waals surface area contributed by atoms with Gasteiger partial charge in [-0.25, -0.2) is 16.8 Å². The molecule has 0 bridgehead atoms. The average molecular weight is 1150 g/mol. The third kappa shape index (κ3) is 19.3. The molecular formula is C51H77N4NaO14S5. The molecule has 0 saturated carbocycles. The maximum Gasteiger partial charge on any atom is 1.00 e. The fourth-order valence-corrected chi connectivity index (χ4v) is 14.5. The molecule has 2 aromatic carbocycles. The summed E-state index contributed by atoms with van der Waals surface area (Å²) in [4.78, 5) is 4.23. The molecule has 4 atom stereocenters. The number of anilines is 2. The summed E-state index contributed by atoms with van der Waals surface area (Å²) < 4.78 is 103. The van der Waals surface area contributed by atoms with E-state index in [0.29, 0.717) is 54.4 Å². The van der Waals surface area contributed by atoms with E-state index in [9.17, 15) is 40.6 Å². The van der Waals surface area contributed by atoms with Crippen molar-refractivity contribution in [1.82, 2.24) is 8.61 Å². The van der Waals surface area contributed by atoms with Crippen molar-refractivity contribution in [1.29, 1.82) is 0 Å². The zero-order valence-electron chi connectivity index (χ0n) is 45.2. The van der Waals surface area contributed by atoms with Crippen molar-refractivity contribution in [2.24, 2.45) is 0 Å². The van der Waals surface area contributed by atoms with Gasteiger partial charge in [-0.1, -0.05) is 36.4 Å². The van der Waals surface area contributed by atoms with Gasteiger partial charge in [0.2, 0.25) is 0 Å².